The maximum atomic E-state index is 12.9. The first kappa shape index (κ1) is 19.0. The van der Waals surface area contributed by atoms with E-state index in [1.54, 1.807) is 17.5 Å². The summed E-state index contributed by atoms with van der Waals surface area (Å²) in [5, 5.41) is 1.80. The van der Waals surface area contributed by atoms with Crippen molar-refractivity contribution in [2.75, 3.05) is 17.2 Å². The number of anilines is 2. The van der Waals surface area contributed by atoms with Gasteiger partial charge < -0.3 is 5.73 Å². The monoisotopic (exact) mass is 364 g/mol. The van der Waals surface area contributed by atoms with Crippen LogP contribution in [0.5, 0.6) is 0 Å². The third-order valence-corrected chi connectivity index (χ3v) is 4.60. The second kappa shape index (κ2) is 8.15. The van der Waals surface area contributed by atoms with Gasteiger partial charge in [0.2, 0.25) is 0 Å². The molecule has 0 atom stereocenters. The Kier molecular flexibility index (Phi) is 6.19. The van der Waals surface area contributed by atoms with Crippen LogP contribution < -0.4 is 21.9 Å². The van der Waals surface area contributed by atoms with Crippen LogP contribution in [0.3, 0.4) is 0 Å². The van der Waals surface area contributed by atoms with Crippen LogP contribution in [0, 0.1) is 5.92 Å². The maximum Gasteiger partial charge on any atom is 0.330 e. The number of carbonyl (C=O) groups is 1. The van der Waals surface area contributed by atoms with Gasteiger partial charge in [-0.05, 0) is 23.8 Å². The van der Waals surface area contributed by atoms with E-state index < -0.39 is 11.2 Å². The normalized spacial score (nSPS) is 11.0. The fraction of sp³-hybridized carbons (Fsp3) is 0.471. The summed E-state index contributed by atoms with van der Waals surface area (Å²) < 4.78 is 1.32. The van der Waals surface area contributed by atoms with Crippen LogP contribution in [0.4, 0.5) is 11.5 Å². The first-order valence-electron chi connectivity index (χ1n) is 8.34. The molecule has 25 heavy (non-hydrogen) atoms. The van der Waals surface area contributed by atoms with E-state index in [1.807, 2.05) is 20.8 Å². The lowest BCUT2D eigenvalue weighted by atomic mass is 10.2. The molecule has 0 spiro atoms. The minimum Gasteiger partial charge on any atom is -0.383 e. The average molecular weight is 364 g/mol. The molecule has 0 fully saturated rings. The van der Waals surface area contributed by atoms with Crippen LogP contribution in [-0.4, -0.2) is 22.0 Å². The van der Waals surface area contributed by atoms with Gasteiger partial charge in [-0.1, -0.05) is 33.3 Å². The Bertz CT molecular complexity index is 837. The number of thiophene rings is 1. The quantitative estimate of drug-likeness (QED) is 0.787. The minimum atomic E-state index is -0.636. The van der Waals surface area contributed by atoms with Gasteiger partial charge in [0.25, 0.3) is 11.5 Å². The Morgan fingerprint density at radius 3 is 2.68 bits per heavy atom. The number of carbonyl (C=O) groups excluding carboxylic acids is 1. The number of hydrogen-bond donors (Lipinski definition) is 2. The molecule has 1 amide bonds. The van der Waals surface area contributed by atoms with Crippen molar-refractivity contribution in [1.82, 2.24) is 9.55 Å². The molecule has 2 rings (SSSR count). The van der Waals surface area contributed by atoms with Gasteiger partial charge in [-0.25, -0.2) is 4.79 Å². The summed E-state index contributed by atoms with van der Waals surface area (Å²) in [6.07, 6.45) is 1.58. The zero-order chi connectivity index (χ0) is 18.6. The fourth-order valence-electron chi connectivity index (χ4n) is 2.55. The average Bonchev–Trinajstić information content (AvgIpc) is 3.08. The fourth-order valence-corrected chi connectivity index (χ4v) is 3.22. The van der Waals surface area contributed by atoms with Crippen molar-refractivity contribution < 1.29 is 4.79 Å². The van der Waals surface area contributed by atoms with Gasteiger partial charge >= 0.3 is 5.69 Å². The number of rotatable bonds is 7. The highest BCUT2D eigenvalue weighted by atomic mass is 32.1. The van der Waals surface area contributed by atoms with E-state index in [2.05, 4.69) is 4.98 Å². The Morgan fingerprint density at radius 2 is 2.12 bits per heavy atom. The van der Waals surface area contributed by atoms with Crippen LogP contribution in [0.25, 0.3) is 0 Å². The van der Waals surface area contributed by atoms with Crippen molar-refractivity contribution >= 4 is 28.7 Å². The van der Waals surface area contributed by atoms with Gasteiger partial charge in [-0.2, -0.15) is 0 Å². The number of nitrogens with one attached hydrogen (secondary N) is 1. The lowest BCUT2D eigenvalue weighted by Gasteiger charge is -2.24. The van der Waals surface area contributed by atoms with Crippen molar-refractivity contribution in [2.45, 2.75) is 40.2 Å². The molecule has 8 heteroatoms. The third kappa shape index (κ3) is 4.19. The molecule has 0 aliphatic heterocycles. The van der Waals surface area contributed by atoms with Crippen LogP contribution in [0.15, 0.2) is 27.1 Å². The van der Waals surface area contributed by atoms with E-state index >= 15 is 0 Å². The summed E-state index contributed by atoms with van der Waals surface area (Å²) in [5.74, 6) is -0.0882. The SMILES string of the molecule is CCCCN(C(=O)c1cccs1)c1c(N)n(CC(C)C)c(=O)[nH]c1=O. The molecule has 0 aromatic carbocycles. The smallest absolute Gasteiger partial charge is 0.330 e. The topological polar surface area (TPSA) is 101 Å². The Morgan fingerprint density at radius 1 is 1.40 bits per heavy atom. The highest BCUT2D eigenvalue weighted by Crippen LogP contribution is 2.22. The van der Waals surface area contributed by atoms with Gasteiger partial charge in [0.1, 0.15) is 5.82 Å². The van der Waals surface area contributed by atoms with E-state index in [0.717, 1.165) is 12.8 Å². The zero-order valence-electron chi connectivity index (χ0n) is 14.7. The second-order valence-electron chi connectivity index (χ2n) is 6.29. The molecule has 7 nitrogen and oxygen atoms in total. The Balaban J connectivity index is 2.58. The van der Waals surface area contributed by atoms with Crippen molar-refractivity contribution in [3.8, 4) is 0 Å². The highest BCUT2D eigenvalue weighted by molar-refractivity contribution is 7.12. The predicted molar refractivity (Wildman–Crippen MR) is 101 cm³/mol. The molecule has 0 bridgehead atoms. The molecule has 3 N–H and O–H groups in total. The largest absolute Gasteiger partial charge is 0.383 e. The standard InChI is InChI=1S/C17H24N4O3S/c1-4-5-8-20(16(23)12-7-6-9-25-12)13-14(18)21(10-11(2)3)17(24)19-15(13)22/h6-7,9,11H,4-5,8,10,18H2,1-3H3,(H,19,22,24). The number of nitrogen functional groups attached to an aromatic ring is 1. The molecular formula is C17H24N4O3S. The van der Waals surface area contributed by atoms with E-state index in [9.17, 15) is 14.4 Å². The molecule has 0 radical (unpaired) electrons. The second-order valence-corrected chi connectivity index (χ2v) is 7.23. The summed E-state index contributed by atoms with van der Waals surface area (Å²) in [7, 11) is 0. The number of unbranched alkanes of at least 4 members (excludes halogenated alkanes) is 1. The van der Waals surface area contributed by atoms with Crippen LogP contribution >= 0.6 is 11.3 Å². The van der Waals surface area contributed by atoms with Gasteiger partial charge in [-0.3, -0.25) is 24.0 Å². The maximum absolute atomic E-state index is 12.9. The molecule has 2 aromatic rings. The Hall–Kier alpha value is -2.35. The van der Waals surface area contributed by atoms with Gasteiger partial charge in [0.15, 0.2) is 5.69 Å². The molecule has 0 aliphatic rings. The van der Waals surface area contributed by atoms with Crippen molar-refractivity contribution in [3.05, 3.63) is 43.2 Å². The van der Waals surface area contributed by atoms with Crippen LogP contribution in [0.2, 0.25) is 0 Å². The number of hydrogen-bond acceptors (Lipinski definition) is 5. The number of H-pyrrole nitrogens is 1. The number of nitrogens with zero attached hydrogens (tertiary/aromatic N) is 2. The first-order valence-corrected chi connectivity index (χ1v) is 9.22. The molecule has 136 valence electrons. The molecule has 0 saturated heterocycles. The lowest BCUT2D eigenvalue weighted by Crippen LogP contribution is -2.41. The van der Waals surface area contributed by atoms with Crippen molar-refractivity contribution in [3.63, 3.8) is 0 Å². The summed E-state index contributed by atoms with van der Waals surface area (Å²) in [6.45, 7) is 6.62. The molecule has 2 aromatic heterocycles. The number of nitrogens with two attached hydrogens (primary N) is 1. The summed E-state index contributed by atoms with van der Waals surface area (Å²) in [6, 6.07) is 3.49. The number of amides is 1. The van der Waals surface area contributed by atoms with Crippen LogP contribution in [0.1, 0.15) is 43.3 Å². The van der Waals surface area contributed by atoms with Gasteiger partial charge in [0.05, 0.1) is 4.88 Å². The summed E-state index contributed by atoms with van der Waals surface area (Å²) in [5.41, 5.74) is 5.01. The zero-order valence-corrected chi connectivity index (χ0v) is 15.6. The molecular weight excluding hydrogens is 340 g/mol. The lowest BCUT2D eigenvalue weighted by molar-refractivity contribution is 0.0990. The minimum absolute atomic E-state index is 0.0310. The van der Waals surface area contributed by atoms with Crippen molar-refractivity contribution in [2.24, 2.45) is 5.92 Å². The number of aromatic nitrogens is 2. The first-order chi connectivity index (χ1) is 11.9. The summed E-state index contributed by atoms with van der Waals surface area (Å²) >= 11 is 1.30. The van der Waals surface area contributed by atoms with Crippen LogP contribution in [-0.2, 0) is 6.54 Å². The van der Waals surface area contributed by atoms with E-state index in [-0.39, 0.29) is 23.3 Å². The number of aromatic amines is 1. The predicted octanol–water partition coefficient (Wildman–Crippen LogP) is 2.28. The van der Waals surface area contributed by atoms with Gasteiger partial charge in [0, 0.05) is 13.1 Å². The van der Waals surface area contributed by atoms with Crippen molar-refractivity contribution in [1.29, 1.82) is 0 Å². The molecule has 0 saturated carbocycles. The third-order valence-electron chi connectivity index (χ3n) is 3.74. The summed E-state index contributed by atoms with van der Waals surface area (Å²) in [4.78, 5) is 41.6. The molecule has 0 unspecified atom stereocenters. The highest BCUT2D eigenvalue weighted by Gasteiger charge is 2.25. The molecule has 0 aliphatic carbocycles. The van der Waals surface area contributed by atoms with E-state index in [4.69, 9.17) is 5.73 Å². The van der Waals surface area contributed by atoms with E-state index in [0.29, 0.717) is 18.0 Å². The Labute approximate surface area is 150 Å². The molecule has 2 heterocycles. The van der Waals surface area contributed by atoms with Gasteiger partial charge in [-0.15, -0.1) is 11.3 Å². The van der Waals surface area contributed by atoms with E-state index in [1.165, 1.54) is 20.8 Å².